The van der Waals surface area contributed by atoms with E-state index in [1.165, 1.54) is 51.5 Å². The van der Waals surface area contributed by atoms with Crippen LogP contribution in [0.3, 0.4) is 0 Å². The number of rotatable bonds is 8. The van der Waals surface area contributed by atoms with Crippen LogP contribution >= 0.6 is 0 Å². The first kappa shape index (κ1) is 15.0. The van der Waals surface area contributed by atoms with Crippen molar-refractivity contribution < 1.29 is 0 Å². The number of hydrogen-bond acceptors (Lipinski definition) is 2. The number of nitrogens with zero attached hydrogens (tertiary/aromatic N) is 1. The summed E-state index contributed by atoms with van der Waals surface area (Å²) >= 11 is 0. The van der Waals surface area contributed by atoms with Crippen molar-refractivity contribution >= 4 is 0 Å². The van der Waals surface area contributed by atoms with E-state index < -0.39 is 0 Å². The van der Waals surface area contributed by atoms with Crippen LogP contribution in [0.2, 0.25) is 0 Å². The molecule has 1 rings (SSSR count). The van der Waals surface area contributed by atoms with Gasteiger partial charge in [0.15, 0.2) is 0 Å². The van der Waals surface area contributed by atoms with Gasteiger partial charge in [0.2, 0.25) is 0 Å². The van der Waals surface area contributed by atoms with E-state index in [9.17, 15) is 0 Å². The van der Waals surface area contributed by atoms with Crippen molar-refractivity contribution in [1.82, 2.24) is 4.90 Å². The van der Waals surface area contributed by atoms with Crippen molar-refractivity contribution in [3.05, 3.63) is 0 Å². The third kappa shape index (κ3) is 5.39. The molecule has 0 bridgehead atoms. The fourth-order valence-electron chi connectivity index (χ4n) is 2.93. The van der Waals surface area contributed by atoms with Gasteiger partial charge >= 0.3 is 0 Å². The van der Waals surface area contributed by atoms with Crippen molar-refractivity contribution in [2.75, 3.05) is 13.1 Å². The molecule has 0 heterocycles. The van der Waals surface area contributed by atoms with E-state index in [-0.39, 0.29) is 0 Å². The molecule has 0 aromatic heterocycles. The maximum atomic E-state index is 6.38. The molecule has 0 saturated heterocycles. The van der Waals surface area contributed by atoms with Gasteiger partial charge in [-0.25, -0.2) is 0 Å². The number of nitrogens with two attached hydrogens (primary N) is 1. The van der Waals surface area contributed by atoms with Crippen LogP contribution in [-0.2, 0) is 0 Å². The van der Waals surface area contributed by atoms with Crippen molar-refractivity contribution in [3.63, 3.8) is 0 Å². The van der Waals surface area contributed by atoms with Crippen LogP contribution in [0, 0.1) is 5.92 Å². The summed E-state index contributed by atoms with van der Waals surface area (Å²) in [5.74, 6) is 0.794. The third-order valence-corrected chi connectivity index (χ3v) is 4.23. The highest BCUT2D eigenvalue weighted by Gasteiger charge is 2.24. The largest absolute Gasteiger partial charge is 0.326 e. The lowest BCUT2D eigenvalue weighted by Gasteiger charge is -2.31. The quantitative estimate of drug-likeness (QED) is 0.659. The molecule has 2 N–H and O–H groups in total. The summed E-state index contributed by atoms with van der Waals surface area (Å²) in [4.78, 5) is 2.58. The van der Waals surface area contributed by atoms with Crippen LogP contribution in [0.15, 0.2) is 0 Å². The van der Waals surface area contributed by atoms with Gasteiger partial charge in [-0.05, 0) is 45.6 Å². The zero-order valence-corrected chi connectivity index (χ0v) is 12.1. The molecule has 0 radical (unpaired) electrons. The SMILES string of the molecule is CCCCCN(CC(N)C1CCCC1)C(C)C. The molecular weight excluding hydrogens is 208 g/mol. The summed E-state index contributed by atoms with van der Waals surface area (Å²) in [6.45, 7) is 9.20. The van der Waals surface area contributed by atoms with Crippen LogP contribution in [0.25, 0.3) is 0 Å². The van der Waals surface area contributed by atoms with E-state index >= 15 is 0 Å². The van der Waals surface area contributed by atoms with Gasteiger partial charge in [-0.3, -0.25) is 4.90 Å². The van der Waals surface area contributed by atoms with E-state index in [0.29, 0.717) is 12.1 Å². The molecule has 17 heavy (non-hydrogen) atoms. The molecule has 0 aliphatic heterocycles. The van der Waals surface area contributed by atoms with Gasteiger partial charge in [0.1, 0.15) is 0 Å². The molecule has 2 heteroatoms. The normalized spacial score (nSPS) is 19.4. The van der Waals surface area contributed by atoms with Gasteiger partial charge < -0.3 is 5.73 Å². The Balaban J connectivity index is 2.31. The zero-order valence-electron chi connectivity index (χ0n) is 12.1. The first-order chi connectivity index (χ1) is 8.15. The summed E-state index contributed by atoms with van der Waals surface area (Å²) < 4.78 is 0. The molecule has 102 valence electrons. The third-order valence-electron chi connectivity index (χ3n) is 4.23. The van der Waals surface area contributed by atoms with Crippen molar-refractivity contribution in [1.29, 1.82) is 0 Å². The molecule has 1 aliphatic rings. The lowest BCUT2D eigenvalue weighted by molar-refractivity contribution is 0.185. The first-order valence-corrected chi connectivity index (χ1v) is 7.64. The zero-order chi connectivity index (χ0) is 12.7. The molecule has 0 aromatic rings. The minimum absolute atomic E-state index is 0.404. The molecule has 0 spiro atoms. The lowest BCUT2D eigenvalue weighted by Crippen LogP contribution is -2.44. The van der Waals surface area contributed by atoms with Crippen molar-refractivity contribution in [2.24, 2.45) is 11.7 Å². The van der Waals surface area contributed by atoms with Crippen LogP contribution in [0.1, 0.15) is 65.7 Å². The fraction of sp³-hybridized carbons (Fsp3) is 1.00. The number of hydrogen-bond donors (Lipinski definition) is 1. The average molecular weight is 240 g/mol. The predicted octanol–water partition coefficient (Wildman–Crippen LogP) is 3.40. The molecule has 1 unspecified atom stereocenters. The summed E-state index contributed by atoms with van der Waals surface area (Å²) in [6, 6.07) is 1.04. The van der Waals surface area contributed by atoms with E-state index in [1.807, 2.05) is 0 Å². The van der Waals surface area contributed by atoms with Crippen LogP contribution in [-0.4, -0.2) is 30.1 Å². The monoisotopic (exact) mass is 240 g/mol. The summed E-state index contributed by atoms with van der Waals surface area (Å²) in [7, 11) is 0. The Hall–Kier alpha value is -0.0800. The fourth-order valence-corrected chi connectivity index (χ4v) is 2.93. The van der Waals surface area contributed by atoms with Crippen LogP contribution in [0.4, 0.5) is 0 Å². The molecule has 1 fully saturated rings. The predicted molar refractivity (Wildman–Crippen MR) is 76.2 cm³/mol. The summed E-state index contributed by atoms with van der Waals surface area (Å²) in [5.41, 5.74) is 6.38. The second-order valence-electron chi connectivity index (χ2n) is 6.00. The van der Waals surface area contributed by atoms with E-state index in [0.717, 1.165) is 12.5 Å². The summed E-state index contributed by atoms with van der Waals surface area (Å²) in [5, 5.41) is 0. The number of unbranched alkanes of at least 4 members (excludes halogenated alkanes) is 2. The summed E-state index contributed by atoms with van der Waals surface area (Å²) in [6.07, 6.45) is 9.50. The molecule has 1 aliphatic carbocycles. The highest BCUT2D eigenvalue weighted by Crippen LogP contribution is 2.27. The maximum absolute atomic E-state index is 6.38. The Morgan fingerprint density at radius 3 is 2.35 bits per heavy atom. The Morgan fingerprint density at radius 1 is 1.18 bits per heavy atom. The molecule has 1 atom stereocenters. The van der Waals surface area contributed by atoms with Crippen LogP contribution < -0.4 is 5.73 Å². The molecule has 0 amide bonds. The molecule has 2 nitrogen and oxygen atoms in total. The van der Waals surface area contributed by atoms with Gasteiger partial charge in [0.25, 0.3) is 0 Å². The first-order valence-electron chi connectivity index (χ1n) is 7.64. The standard InChI is InChI=1S/C15H32N2/c1-4-5-8-11-17(13(2)3)12-15(16)14-9-6-7-10-14/h13-15H,4-12,16H2,1-3H3. The molecule has 1 saturated carbocycles. The second-order valence-corrected chi connectivity index (χ2v) is 6.00. The van der Waals surface area contributed by atoms with Gasteiger partial charge in [-0.1, -0.05) is 32.6 Å². The Kier molecular flexibility index (Phi) is 7.14. The van der Waals surface area contributed by atoms with Gasteiger partial charge in [-0.2, -0.15) is 0 Å². The van der Waals surface area contributed by atoms with E-state index in [4.69, 9.17) is 5.73 Å². The van der Waals surface area contributed by atoms with E-state index in [2.05, 4.69) is 25.7 Å². The Labute approximate surface area is 108 Å². The highest BCUT2D eigenvalue weighted by molar-refractivity contribution is 4.81. The lowest BCUT2D eigenvalue weighted by atomic mass is 9.98. The highest BCUT2D eigenvalue weighted by atomic mass is 15.2. The topological polar surface area (TPSA) is 29.3 Å². The minimum Gasteiger partial charge on any atom is -0.326 e. The maximum Gasteiger partial charge on any atom is 0.0196 e. The van der Waals surface area contributed by atoms with Gasteiger partial charge in [0, 0.05) is 18.6 Å². The molecule has 0 aromatic carbocycles. The van der Waals surface area contributed by atoms with Gasteiger partial charge in [-0.15, -0.1) is 0 Å². The average Bonchev–Trinajstić information content (AvgIpc) is 2.81. The second kappa shape index (κ2) is 8.10. The van der Waals surface area contributed by atoms with Gasteiger partial charge in [0.05, 0.1) is 0 Å². The Bertz CT molecular complexity index is 185. The molecular formula is C15H32N2. The van der Waals surface area contributed by atoms with Crippen LogP contribution in [0.5, 0.6) is 0 Å². The van der Waals surface area contributed by atoms with Crippen molar-refractivity contribution in [3.8, 4) is 0 Å². The smallest absolute Gasteiger partial charge is 0.0196 e. The van der Waals surface area contributed by atoms with E-state index in [1.54, 1.807) is 0 Å². The van der Waals surface area contributed by atoms with Crippen molar-refractivity contribution in [2.45, 2.75) is 77.8 Å². The Morgan fingerprint density at radius 2 is 1.82 bits per heavy atom. The minimum atomic E-state index is 0.404.